The monoisotopic (exact) mass is 201 g/mol. The van der Waals surface area contributed by atoms with Crippen LogP contribution < -0.4 is 0 Å². The molecule has 0 bridgehead atoms. The highest BCUT2D eigenvalue weighted by atomic mass is 16.5. The van der Waals surface area contributed by atoms with Crippen molar-refractivity contribution in [1.82, 2.24) is 4.90 Å². The average molecular weight is 201 g/mol. The fourth-order valence-electron chi connectivity index (χ4n) is 1.45. The summed E-state index contributed by atoms with van der Waals surface area (Å²) in [7, 11) is 0. The zero-order valence-electron chi connectivity index (χ0n) is 10.2. The molecule has 0 fully saturated rings. The van der Waals surface area contributed by atoms with Gasteiger partial charge in [0.2, 0.25) is 0 Å². The predicted octanol–water partition coefficient (Wildman–Crippen LogP) is 2.93. The second-order valence-electron chi connectivity index (χ2n) is 3.75. The first-order valence-corrected chi connectivity index (χ1v) is 6.15. The number of hydrogen-bond donors (Lipinski definition) is 0. The third-order valence-corrected chi connectivity index (χ3v) is 2.43. The Morgan fingerprint density at radius 2 is 1.64 bits per heavy atom. The minimum absolute atomic E-state index is 0.897. The highest BCUT2D eigenvalue weighted by Crippen LogP contribution is 1.98. The number of nitrogens with zero attached hydrogens (tertiary/aromatic N) is 1. The SMILES string of the molecule is CCCCCN(CC)CCOCCC. The number of rotatable bonds is 10. The van der Waals surface area contributed by atoms with E-state index in [1.54, 1.807) is 0 Å². The first-order chi connectivity index (χ1) is 6.85. The van der Waals surface area contributed by atoms with Gasteiger partial charge < -0.3 is 9.64 Å². The van der Waals surface area contributed by atoms with Gasteiger partial charge in [0, 0.05) is 13.2 Å². The Morgan fingerprint density at radius 3 is 2.21 bits per heavy atom. The quantitative estimate of drug-likeness (QED) is 0.504. The van der Waals surface area contributed by atoms with Gasteiger partial charge in [0.05, 0.1) is 6.61 Å². The topological polar surface area (TPSA) is 12.5 Å². The largest absolute Gasteiger partial charge is 0.380 e. The number of ether oxygens (including phenoxy) is 1. The summed E-state index contributed by atoms with van der Waals surface area (Å²) in [6, 6.07) is 0. The van der Waals surface area contributed by atoms with E-state index in [0.717, 1.165) is 32.7 Å². The zero-order valence-corrected chi connectivity index (χ0v) is 10.2. The van der Waals surface area contributed by atoms with Crippen LogP contribution in [0.15, 0.2) is 0 Å². The van der Waals surface area contributed by atoms with Gasteiger partial charge in [-0.15, -0.1) is 0 Å². The van der Waals surface area contributed by atoms with Crippen LogP contribution in [0.5, 0.6) is 0 Å². The first-order valence-electron chi connectivity index (χ1n) is 6.15. The molecule has 0 atom stereocenters. The predicted molar refractivity (Wildman–Crippen MR) is 62.7 cm³/mol. The third-order valence-electron chi connectivity index (χ3n) is 2.43. The Labute approximate surface area is 89.6 Å². The van der Waals surface area contributed by atoms with E-state index in [2.05, 4.69) is 25.7 Å². The van der Waals surface area contributed by atoms with Gasteiger partial charge in [-0.1, -0.05) is 33.6 Å². The maximum atomic E-state index is 5.48. The Morgan fingerprint density at radius 1 is 0.857 bits per heavy atom. The van der Waals surface area contributed by atoms with Crippen molar-refractivity contribution < 1.29 is 4.74 Å². The summed E-state index contributed by atoms with van der Waals surface area (Å²) in [5.74, 6) is 0. The van der Waals surface area contributed by atoms with Crippen molar-refractivity contribution in [2.45, 2.75) is 46.5 Å². The van der Waals surface area contributed by atoms with Gasteiger partial charge in [-0.2, -0.15) is 0 Å². The zero-order chi connectivity index (χ0) is 10.6. The summed E-state index contributed by atoms with van der Waals surface area (Å²) < 4.78 is 5.48. The summed E-state index contributed by atoms with van der Waals surface area (Å²) in [5.41, 5.74) is 0. The molecule has 0 saturated heterocycles. The second-order valence-corrected chi connectivity index (χ2v) is 3.75. The molecular weight excluding hydrogens is 174 g/mol. The van der Waals surface area contributed by atoms with Gasteiger partial charge in [-0.25, -0.2) is 0 Å². The van der Waals surface area contributed by atoms with Crippen molar-refractivity contribution in [1.29, 1.82) is 0 Å². The molecule has 0 amide bonds. The number of unbranched alkanes of at least 4 members (excludes halogenated alkanes) is 2. The lowest BCUT2D eigenvalue weighted by molar-refractivity contribution is 0.105. The van der Waals surface area contributed by atoms with Gasteiger partial charge in [0.15, 0.2) is 0 Å². The maximum absolute atomic E-state index is 5.48. The normalized spacial score (nSPS) is 11.1. The lowest BCUT2D eigenvalue weighted by Gasteiger charge is -2.19. The van der Waals surface area contributed by atoms with Crippen LogP contribution in [0.2, 0.25) is 0 Å². The van der Waals surface area contributed by atoms with Crippen molar-refractivity contribution in [2.75, 3.05) is 32.8 Å². The van der Waals surface area contributed by atoms with Crippen LogP contribution in [0.3, 0.4) is 0 Å². The van der Waals surface area contributed by atoms with Crippen molar-refractivity contribution in [3.05, 3.63) is 0 Å². The standard InChI is InChI=1S/C12H27NO/c1-4-7-8-9-13(6-3)10-12-14-11-5-2/h4-12H2,1-3H3. The van der Waals surface area contributed by atoms with E-state index in [4.69, 9.17) is 4.74 Å². The van der Waals surface area contributed by atoms with E-state index in [1.807, 2.05) is 0 Å². The smallest absolute Gasteiger partial charge is 0.0593 e. The van der Waals surface area contributed by atoms with Gasteiger partial charge in [-0.05, 0) is 25.9 Å². The Bertz CT molecular complexity index is 106. The van der Waals surface area contributed by atoms with Crippen LogP contribution in [0.1, 0.15) is 46.5 Å². The molecule has 0 aromatic rings. The van der Waals surface area contributed by atoms with E-state index in [1.165, 1.54) is 25.8 Å². The summed E-state index contributed by atoms with van der Waals surface area (Å²) >= 11 is 0. The molecule has 0 saturated carbocycles. The van der Waals surface area contributed by atoms with E-state index < -0.39 is 0 Å². The van der Waals surface area contributed by atoms with Gasteiger partial charge in [0.25, 0.3) is 0 Å². The average Bonchev–Trinajstić information content (AvgIpc) is 2.22. The Kier molecular flexibility index (Phi) is 10.9. The fraction of sp³-hybridized carbons (Fsp3) is 1.00. The molecule has 2 nitrogen and oxygen atoms in total. The van der Waals surface area contributed by atoms with Crippen molar-refractivity contribution >= 4 is 0 Å². The molecule has 0 N–H and O–H groups in total. The molecule has 0 aliphatic rings. The molecule has 0 aliphatic heterocycles. The Hall–Kier alpha value is -0.0800. The van der Waals surface area contributed by atoms with E-state index in [9.17, 15) is 0 Å². The molecule has 0 aliphatic carbocycles. The molecule has 0 rings (SSSR count). The summed E-state index contributed by atoms with van der Waals surface area (Å²) in [6.07, 6.45) is 5.12. The summed E-state index contributed by atoms with van der Waals surface area (Å²) in [4.78, 5) is 2.48. The lowest BCUT2D eigenvalue weighted by Crippen LogP contribution is -2.28. The van der Waals surface area contributed by atoms with E-state index in [-0.39, 0.29) is 0 Å². The summed E-state index contributed by atoms with van der Waals surface area (Å²) in [6.45, 7) is 11.9. The molecule has 0 radical (unpaired) electrons. The van der Waals surface area contributed by atoms with E-state index >= 15 is 0 Å². The molecule has 0 aromatic carbocycles. The van der Waals surface area contributed by atoms with Gasteiger partial charge in [0.1, 0.15) is 0 Å². The Balaban J connectivity index is 3.28. The van der Waals surface area contributed by atoms with Gasteiger partial charge in [-0.3, -0.25) is 0 Å². The molecule has 2 heteroatoms. The first kappa shape index (κ1) is 13.9. The van der Waals surface area contributed by atoms with Crippen molar-refractivity contribution in [3.8, 4) is 0 Å². The fourth-order valence-corrected chi connectivity index (χ4v) is 1.45. The summed E-state index contributed by atoms with van der Waals surface area (Å²) in [5, 5.41) is 0. The second kappa shape index (κ2) is 11.0. The molecule has 0 aromatic heterocycles. The van der Waals surface area contributed by atoms with Crippen molar-refractivity contribution in [3.63, 3.8) is 0 Å². The number of hydrogen-bond acceptors (Lipinski definition) is 2. The van der Waals surface area contributed by atoms with Crippen LogP contribution in [0, 0.1) is 0 Å². The minimum Gasteiger partial charge on any atom is -0.380 e. The molecule has 0 heterocycles. The van der Waals surface area contributed by atoms with Crippen LogP contribution in [-0.2, 0) is 4.74 Å². The molecule has 0 spiro atoms. The van der Waals surface area contributed by atoms with Crippen LogP contribution in [0.4, 0.5) is 0 Å². The lowest BCUT2D eigenvalue weighted by atomic mass is 10.2. The third kappa shape index (κ3) is 8.52. The van der Waals surface area contributed by atoms with Crippen molar-refractivity contribution in [2.24, 2.45) is 0 Å². The van der Waals surface area contributed by atoms with Crippen LogP contribution in [-0.4, -0.2) is 37.7 Å². The highest BCUT2D eigenvalue weighted by molar-refractivity contribution is 4.54. The van der Waals surface area contributed by atoms with E-state index in [0.29, 0.717) is 0 Å². The maximum Gasteiger partial charge on any atom is 0.0593 e. The highest BCUT2D eigenvalue weighted by Gasteiger charge is 2.00. The molecular formula is C12H27NO. The number of likely N-dealkylation sites (N-methyl/N-ethyl adjacent to an activating group) is 1. The molecule has 86 valence electrons. The minimum atomic E-state index is 0.897. The molecule has 0 unspecified atom stereocenters. The van der Waals surface area contributed by atoms with Crippen LogP contribution >= 0.6 is 0 Å². The van der Waals surface area contributed by atoms with Crippen LogP contribution in [0.25, 0.3) is 0 Å². The molecule has 14 heavy (non-hydrogen) atoms. The van der Waals surface area contributed by atoms with Gasteiger partial charge >= 0.3 is 0 Å².